The molecule has 14 rings (SSSR count). The van der Waals surface area contributed by atoms with Gasteiger partial charge in [0.2, 0.25) is 0 Å². The van der Waals surface area contributed by atoms with Crippen molar-refractivity contribution < 1.29 is 0 Å². The zero-order valence-electron chi connectivity index (χ0n) is 26.3. The van der Waals surface area contributed by atoms with Crippen molar-refractivity contribution in [3.63, 3.8) is 0 Å². The molecule has 1 nitrogen and oxygen atoms in total. The van der Waals surface area contributed by atoms with Crippen LogP contribution in [0.25, 0.3) is 22.3 Å². The summed E-state index contributed by atoms with van der Waals surface area (Å²) in [4.78, 5) is 0. The van der Waals surface area contributed by atoms with Crippen LogP contribution in [0, 0.1) is 47.3 Å². The van der Waals surface area contributed by atoms with Crippen molar-refractivity contribution in [3.8, 4) is 22.3 Å². The van der Waals surface area contributed by atoms with E-state index in [1.807, 2.05) is 0 Å². The van der Waals surface area contributed by atoms with E-state index in [0.717, 1.165) is 47.3 Å². The van der Waals surface area contributed by atoms with Gasteiger partial charge in [0.15, 0.2) is 0 Å². The van der Waals surface area contributed by atoms with Crippen LogP contribution in [0.5, 0.6) is 0 Å². The first-order valence-electron chi connectivity index (χ1n) is 18.5. The molecule has 10 aliphatic carbocycles. The fourth-order valence-corrected chi connectivity index (χ4v) is 14.8. The van der Waals surface area contributed by atoms with Crippen molar-refractivity contribution in [2.45, 2.75) is 75.0 Å². The Kier molecular flexibility index (Phi) is 4.60. The second-order valence-electron chi connectivity index (χ2n) is 17.0. The molecule has 8 bridgehead atoms. The SMILES string of the molecule is c1ccc2c(c1)-c1c(Nc3cccc4c3-c3ccccc3C43C4CC5CC(C4)CC3C5)cccc1C21C2CC3CC(C2)CC1C3. The van der Waals surface area contributed by atoms with Crippen molar-refractivity contribution in [3.05, 3.63) is 107 Å². The maximum Gasteiger partial charge on any atom is 0.0467 e. The molecule has 0 atom stereocenters. The number of benzene rings is 4. The molecule has 0 unspecified atom stereocenters. The van der Waals surface area contributed by atoms with Crippen molar-refractivity contribution in [2.24, 2.45) is 47.3 Å². The minimum absolute atomic E-state index is 0.215. The molecule has 1 heteroatoms. The predicted octanol–water partition coefficient (Wildman–Crippen LogP) is 10.9. The largest absolute Gasteiger partial charge is 0.354 e. The van der Waals surface area contributed by atoms with Crippen LogP contribution in [-0.2, 0) is 10.8 Å². The zero-order chi connectivity index (χ0) is 29.1. The van der Waals surface area contributed by atoms with Gasteiger partial charge < -0.3 is 5.32 Å². The molecule has 0 saturated heterocycles. The molecule has 8 fully saturated rings. The summed E-state index contributed by atoms with van der Waals surface area (Å²) in [5.74, 6) is 7.10. The van der Waals surface area contributed by atoms with Crippen LogP contribution in [0.15, 0.2) is 84.9 Å². The lowest BCUT2D eigenvalue weighted by Crippen LogP contribution is -2.55. The van der Waals surface area contributed by atoms with E-state index < -0.39 is 0 Å². The maximum atomic E-state index is 4.20. The van der Waals surface area contributed by atoms with Gasteiger partial charge in [-0.2, -0.15) is 0 Å². The van der Waals surface area contributed by atoms with Crippen molar-refractivity contribution >= 4 is 11.4 Å². The van der Waals surface area contributed by atoms with Gasteiger partial charge in [0.05, 0.1) is 0 Å². The lowest BCUT2D eigenvalue weighted by molar-refractivity contribution is -0.0399. The van der Waals surface area contributed by atoms with Gasteiger partial charge in [-0.3, -0.25) is 0 Å². The van der Waals surface area contributed by atoms with Gasteiger partial charge in [-0.25, -0.2) is 0 Å². The number of hydrogen-bond acceptors (Lipinski definition) is 1. The van der Waals surface area contributed by atoms with Crippen LogP contribution in [0.4, 0.5) is 11.4 Å². The quantitative estimate of drug-likeness (QED) is 0.247. The van der Waals surface area contributed by atoms with Crippen LogP contribution >= 0.6 is 0 Å². The van der Waals surface area contributed by atoms with Gasteiger partial charge in [0.25, 0.3) is 0 Å². The number of nitrogens with one attached hydrogen (secondary N) is 1. The molecule has 224 valence electrons. The Labute approximate surface area is 267 Å². The van der Waals surface area contributed by atoms with Gasteiger partial charge in [-0.1, -0.05) is 72.8 Å². The summed E-state index contributed by atoms with van der Waals surface area (Å²) >= 11 is 0. The second kappa shape index (κ2) is 8.33. The summed E-state index contributed by atoms with van der Waals surface area (Å²) in [6, 6.07) is 33.8. The molecule has 0 amide bonds. The Balaban J connectivity index is 1.04. The summed E-state index contributed by atoms with van der Waals surface area (Å²) in [7, 11) is 0. The first-order valence-corrected chi connectivity index (χ1v) is 18.5. The van der Waals surface area contributed by atoms with Crippen LogP contribution in [0.3, 0.4) is 0 Å². The molecule has 0 heterocycles. The number of rotatable bonds is 2. The van der Waals surface area contributed by atoms with Crippen molar-refractivity contribution in [2.75, 3.05) is 5.32 Å². The number of hydrogen-bond donors (Lipinski definition) is 1. The van der Waals surface area contributed by atoms with Crippen LogP contribution in [-0.4, -0.2) is 0 Å². The Morgan fingerprint density at radius 1 is 0.378 bits per heavy atom. The molecule has 0 radical (unpaired) electrons. The van der Waals surface area contributed by atoms with Gasteiger partial charge in [-0.05, 0) is 157 Å². The molecule has 4 aromatic rings. The van der Waals surface area contributed by atoms with Gasteiger partial charge in [0, 0.05) is 33.3 Å². The van der Waals surface area contributed by atoms with E-state index in [-0.39, 0.29) is 10.8 Å². The standard InChI is InChI=1S/C44H43N/c1-3-9-35-33(7-1)41-37(43(35)29-17-25-15-26(19-29)20-30(43)18-25)11-5-13-39(41)45-40-14-6-12-38-42(40)34-8-2-4-10-36(34)44(38)31-21-27-16-28(23-31)24-32(44)22-27/h1-14,25-32,45H,15-24H2. The average Bonchev–Trinajstić information content (AvgIpc) is 3.52. The monoisotopic (exact) mass is 585 g/mol. The first-order chi connectivity index (χ1) is 22.2. The van der Waals surface area contributed by atoms with Gasteiger partial charge >= 0.3 is 0 Å². The summed E-state index contributed by atoms with van der Waals surface area (Å²) < 4.78 is 0. The predicted molar refractivity (Wildman–Crippen MR) is 183 cm³/mol. The summed E-state index contributed by atoms with van der Waals surface area (Å²) in [5, 5.41) is 4.20. The summed E-state index contributed by atoms with van der Waals surface area (Å²) in [5.41, 5.74) is 15.7. The number of fused-ring (bicyclic) bond motifs is 6. The van der Waals surface area contributed by atoms with Gasteiger partial charge in [-0.15, -0.1) is 0 Å². The fourth-order valence-electron chi connectivity index (χ4n) is 14.8. The smallest absolute Gasteiger partial charge is 0.0467 e. The van der Waals surface area contributed by atoms with E-state index in [9.17, 15) is 0 Å². The lowest BCUT2D eigenvalue weighted by Gasteiger charge is -2.61. The lowest BCUT2D eigenvalue weighted by atomic mass is 9.43. The Morgan fingerprint density at radius 2 is 0.733 bits per heavy atom. The average molecular weight is 586 g/mol. The topological polar surface area (TPSA) is 12.0 Å². The van der Waals surface area contributed by atoms with Crippen molar-refractivity contribution in [1.82, 2.24) is 0 Å². The third kappa shape index (κ3) is 2.83. The third-order valence-corrected chi connectivity index (χ3v) is 15.4. The molecule has 0 aromatic heterocycles. The fraction of sp³-hybridized carbons (Fsp3) is 0.455. The van der Waals surface area contributed by atoms with E-state index in [0.29, 0.717) is 0 Å². The molecule has 2 spiro atoms. The maximum absolute atomic E-state index is 4.20. The molecule has 4 aromatic carbocycles. The summed E-state index contributed by atoms with van der Waals surface area (Å²) in [6.07, 6.45) is 14.5. The van der Waals surface area contributed by atoms with E-state index >= 15 is 0 Å². The highest BCUT2D eigenvalue weighted by molar-refractivity contribution is 5.96. The highest BCUT2D eigenvalue weighted by atomic mass is 14.9. The van der Waals surface area contributed by atoms with Gasteiger partial charge in [0.1, 0.15) is 0 Å². The Hall–Kier alpha value is -3.32. The molecule has 1 N–H and O–H groups in total. The molecule has 10 aliphatic rings. The highest BCUT2D eigenvalue weighted by Crippen LogP contribution is 2.72. The van der Waals surface area contributed by atoms with Crippen LogP contribution in [0.2, 0.25) is 0 Å². The minimum Gasteiger partial charge on any atom is -0.354 e. The second-order valence-corrected chi connectivity index (χ2v) is 17.0. The van der Waals surface area contributed by atoms with E-state index in [4.69, 9.17) is 0 Å². The van der Waals surface area contributed by atoms with E-state index in [2.05, 4.69) is 90.2 Å². The van der Waals surface area contributed by atoms with Crippen molar-refractivity contribution in [1.29, 1.82) is 0 Å². The minimum atomic E-state index is 0.215. The molecule has 8 saturated carbocycles. The van der Waals surface area contributed by atoms with Crippen LogP contribution in [0.1, 0.15) is 86.5 Å². The third-order valence-electron chi connectivity index (χ3n) is 15.4. The molecule has 0 aliphatic heterocycles. The normalized spacial score (nSPS) is 39.7. The molecular formula is C44H43N. The van der Waals surface area contributed by atoms with Crippen LogP contribution < -0.4 is 5.32 Å². The molecular weight excluding hydrogens is 542 g/mol. The highest BCUT2D eigenvalue weighted by Gasteiger charge is 2.63. The Bertz CT molecular complexity index is 1730. The van der Waals surface area contributed by atoms with E-state index in [1.165, 1.54) is 97.8 Å². The first kappa shape index (κ1) is 24.9. The zero-order valence-corrected chi connectivity index (χ0v) is 26.3. The van der Waals surface area contributed by atoms with E-state index in [1.54, 1.807) is 22.3 Å². The summed E-state index contributed by atoms with van der Waals surface area (Å²) in [6.45, 7) is 0. The molecule has 45 heavy (non-hydrogen) atoms. The Morgan fingerprint density at radius 3 is 1.13 bits per heavy atom. The number of anilines is 2.